The average Bonchev–Trinajstić information content (AvgIpc) is 2.89. The van der Waals surface area contributed by atoms with Crippen LogP contribution in [0.15, 0.2) is 35.7 Å². The Balaban J connectivity index is 2.10. The zero-order chi connectivity index (χ0) is 15.7. The highest BCUT2D eigenvalue weighted by Gasteiger charge is 2.48. The van der Waals surface area contributed by atoms with E-state index in [1.807, 2.05) is 12.1 Å². The van der Waals surface area contributed by atoms with E-state index in [-0.39, 0.29) is 30.0 Å². The smallest absolute Gasteiger partial charge is 0.200 e. The van der Waals surface area contributed by atoms with Crippen molar-refractivity contribution in [2.24, 2.45) is 11.7 Å². The summed E-state index contributed by atoms with van der Waals surface area (Å²) in [4.78, 5) is 0. The van der Waals surface area contributed by atoms with Crippen molar-refractivity contribution in [1.29, 1.82) is 5.26 Å². The lowest BCUT2D eigenvalue weighted by Gasteiger charge is -2.36. The fourth-order valence-corrected chi connectivity index (χ4v) is 4.17. The van der Waals surface area contributed by atoms with Crippen LogP contribution in [-0.2, 0) is 4.74 Å². The first-order valence-corrected chi connectivity index (χ1v) is 8.57. The molecule has 5 nitrogen and oxygen atoms in total. The number of nitrogens with two attached hydrogens (primary N) is 1. The standard InChI is InChI=1S/C16H19IN4O/c1-2-5-12-14-13(9-6-3-4-7-11(9)17)10(8-18)15(19)22-16(14)21-20-12/h3-4,6-7,12-14,16,20-21H,2,5,19H2,1H3. The minimum absolute atomic E-state index is 0.0455. The molecule has 2 aliphatic rings. The lowest BCUT2D eigenvalue weighted by atomic mass is 9.75. The first kappa shape index (κ1) is 15.6. The van der Waals surface area contributed by atoms with E-state index in [1.54, 1.807) is 0 Å². The second-order valence-corrected chi connectivity index (χ2v) is 6.85. The Bertz CT molecular complexity index is 639. The molecule has 116 valence electrons. The summed E-state index contributed by atoms with van der Waals surface area (Å²) in [6.45, 7) is 2.16. The molecule has 1 fully saturated rings. The number of nitrogens with zero attached hydrogens (tertiary/aromatic N) is 1. The molecule has 3 rings (SSSR count). The van der Waals surface area contributed by atoms with E-state index in [4.69, 9.17) is 10.5 Å². The van der Waals surface area contributed by atoms with Crippen LogP contribution in [0, 0.1) is 20.8 Å². The van der Waals surface area contributed by atoms with E-state index in [0.29, 0.717) is 5.57 Å². The highest BCUT2D eigenvalue weighted by Crippen LogP contribution is 2.44. The van der Waals surface area contributed by atoms with Crippen LogP contribution in [0.5, 0.6) is 0 Å². The number of ether oxygens (including phenoxy) is 1. The third kappa shape index (κ3) is 2.57. The van der Waals surface area contributed by atoms with Gasteiger partial charge in [0.25, 0.3) is 0 Å². The second kappa shape index (κ2) is 6.44. The zero-order valence-corrected chi connectivity index (χ0v) is 14.5. The van der Waals surface area contributed by atoms with Crippen molar-refractivity contribution in [3.63, 3.8) is 0 Å². The van der Waals surface area contributed by atoms with Gasteiger partial charge >= 0.3 is 0 Å². The van der Waals surface area contributed by atoms with Gasteiger partial charge in [-0.3, -0.25) is 5.43 Å². The molecule has 0 saturated carbocycles. The topological polar surface area (TPSA) is 83.1 Å². The molecule has 0 radical (unpaired) electrons. The van der Waals surface area contributed by atoms with Crippen molar-refractivity contribution in [2.45, 2.75) is 38.0 Å². The normalized spacial score (nSPS) is 30.6. The van der Waals surface area contributed by atoms with Crippen molar-refractivity contribution in [1.82, 2.24) is 10.9 Å². The van der Waals surface area contributed by atoms with Gasteiger partial charge in [0.15, 0.2) is 6.23 Å². The van der Waals surface area contributed by atoms with Gasteiger partial charge in [0.05, 0.1) is 5.57 Å². The predicted molar refractivity (Wildman–Crippen MR) is 92.1 cm³/mol. The Kier molecular flexibility index (Phi) is 4.57. The van der Waals surface area contributed by atoms with E-state index < -0.39 is 0 Å². The molecule has 4 atom stereocenters. The maximum absolute atomic E-state index is 9.61. The zero-order valence-electron chi connectivity index (χ0n) is 12.3. The minimum atomic E-state index is -0.199. The third-order valence-corrected chi connectivity index (χ3v) is 5.38. The van der Waals surface area contributed by atoms with Gasteiger partial charge in [-0.05, 0) is 40.6 Å². The summed E-state index contributed by atoms with van der Waals surface area (Å²) >= 11 is 2.32. The van der Waals surface area contributed by atoms with E-state index in [1.165, 1.54) is 0 Å². The lowest BCUT2D eigenvalue weighted by Crippen LogP contribution is -2.41. The summed E-state index contributed by atoms with van der Waals surface area (Å²) in [5.41, 5.74) is 14.2. The average molecular weight is 410 g/mol. The summed E-state index contributed by atoms with van der Waals surface area (Å²) in [6, 6.07) is 10.7. The van der Waals surface area contributed by atoms with Gasteiger partial charge in [-0.2, -0.15) is 5.26 Å². The summed E-state index contributed by atoms with van der Waals surface area (Å²) in [7, 11) is 0. The fraction of sp³-hybridized carbons (Fsp3) is 0.438. The molecule has 0 bridgehead atoms. The molecule has 1 aromatic rings. The van der Waals surface area contributed by atoms with Crippen LogP contribution in [0.2, 0.25) is 0 Å². The Morgan fingerprint density at radius 2 is 2.14 bits per heavy atom. The molecule has 1 saturated heterocycles. The van der Waals surface area contributed by atoms with Crippen LogP contribution in [-0.4, -0.2) is 12.3 Å². The van der Waals surface area contributed by atoms with Crippen LogP contribution in [0.3, 0.4) is 0 Å². The third-order valence-electron chi connectivity index (χ3n) is 4.40. The second-order valence-electron chi connectivity index (χ2n) is 5.69. The van der Waals surface area contributed by atoms with Gasteiger partial charge in [-0.25, -0.2) is 5.43 Å². The van der Waals surface area contributed by atoms with Crippen molar-refractivity contribution in [3.05, 3.63) is 44.9 Å². The number of halogens is 1. The Hall–Kier alpha value is -1.30. The molecule has 0 aliphatic carbocycles. The summed E-state index contributed by atoms with van der Waals surface area (Å²) < 4.78 is 6.89. The van der Waals surface area contributed by atoms with Crippen molar-refractivity contribution < 1.29 is 4.74 Å². The number of hydrazine groups is 1. The van der Waals surface area contributed by atoms with Crippen LogP contribution in [0.25, 0.3) is 0 Å². The molecule has 6 heteroatoms. The molecular formula is C16H19IN4O. The van der Waals surface area contributed by atoms with E-state index in [0.717, 1.165) is 22.0 Å². The quantitative estimate of drug-likeness (QED) is 0.667. The van der Waals surface area contributed by atoms with Crippen LogP contribution >= 0.6 is 22.6 Å². The molecule has 2 aliphatic heterocycles. The maximum Gasteiger partial charge on any atom is 0.200 e. The maximum atomic E-state index is 9.61. The molecule has 0 amide bonds. The largest absolute Gasteiger partial charge is 0.458 e. The Morgan fingerprint density at radius 1 is 1.36 bits per heavy atom. The number of allylic oxidation sites excluding steroid dienone is 1. The van der Waals surface area contributed by atoms with Crippen LogP contribution < -0.4 is 16.6 Å². The van der Waals surface area contributed by atoms with Crippen molar-refractivity contribution in [2.75, 3.05) is 0 Å². The number of nitriles is 1. The van der Waals surface area contributed by atoms with Gasteiger partial charge in [-0.15, -0.1) is 0 Å². The SMILES string of the molecule is CCCC1NNC2OC(N)=C(C#N)C(c3ccccc3I)C12. The number of hydrogen-bond acceptors (Lipinski definition) is 5. The van der Waals surface area contributed by atoms with Gasteiger partial charge in [0, 0.05) is 21.4 Å². The van der Waals surface area contributed by atoms with Gasteiger partial charge < -0.3 is 10.5 Å². The number of rotatable bonds is 3. The van der Waals surface area contributed by atoms with E-state index in [2.05, 4.69) is 58.6 Å². The number of benzene rings is 1. The summed E-state index contributed by atoms with van der Waals surface area (Å²) in [5.74, 6) is 0.341. The number of hydrogen-bond donors (Lipinski definition) is 3. The molecular weight excluding hydrogens is 391 g/mol. The minimum Gasteiger partial charge on any atom is -0.458 e. The highest BCUT2D eigenvalue weighted by molar-refractivity contribution is 14.1. The molecule has 1 aromatic carbocycles. The van der Waals surface area contributed by atoms with Crippen molar-refractivity contribution >= 4 is 22.6 Å². The first-order valence-electron chi connectivity index (χ1n) is 7.49. The predicted octanol–water partition coefficient (Wildman–Crippen LogP) is 2.32. The molecule has 2 heterocycles. The summed E-state index contributed by atoms with van der Waals surface area (Å²) in [6.07, 6.45) is 1.90. The fourth-order valence-electron chi connectivity index (χ4n) is 3.44. The van der Waals surface area contributed by atoms with Crippen molar-refractivity contribution in [3.8, 4) is 6.07 Å². The lowest BCUT2D eigenvalue weighted by molar-refractivity contribution is 0.0336. The Labute approximate surface area is 144 Å². The number of fused-ring (bicyclic) bond motifs is 1. The summed E-state index contributed by atoms with van der Waals surface area (Å²) in [5, 5.41) is 9.61. The molecule has 22 heavy (non-hydrogen) atoms. The van der Waals surface area contributed by atoms with Crippen LogP contribution in [0.1, 0.15) is 31.2 Å². The molecule has 4 unspecified atom stereocenters. The first-order chi connectivity index (χ1) is 10.7. The van der Waals surface area contributed by atoms with E-state index in [9.17, 15) is 5.26 Å². The number of nitrogens with one attached hydrogen (secondary N) is 2. The van der Waals surface area contributed by atoms with Gasteiger partial charge in [0.2, 0.25) is 5.88 Å². The van der Waals surface area contributed by atoms with Gasteiger partial charge in [-0.1, -0.05) is 31.5 Å². The monoisotopic (exact) mass is 410 g/mol. The molecule has 0 spiro atoms. The highest BCUT2D eigenvalue weighted by atomic mass is 127. The molecule has 4 N–H and O–H groups in total. The van der Waals surface area contributed by atoms with Crippen LogP contribution in [0.4, 0.5) is 0 Å². The van der Waals surface area contributed by atoms with Gasteiger partial charge in [0.1, 0.15) is 6.07 Å². The van der Waals surface area contributed by atoms with E-state index >= 15 is 0 Å². The molecule has 0 aromatic heterocycles. The Morgan fingerprint density at radius 3 is 2.82 bits per heavy atom.